The lowest BCUT2D eigenvalue weighted by Crippen LogP contribution is -2.12. The summed E-state index contributed by atoms with van der Waals surface area (Å²) in [5.41, 5.74) is 13.9. The Morgan fingerprint density at radius 3 is 2.81 bits per heavy atom. The maximum absolute atomic E-state index is 6.08. The van der Waals surface area contributed by atoms with Gasteiger partial charge in [-0.3, -0.25) is 0 Å². The first-order valence-electron chi connectivity index (χ1n) is 5.34. The molecule has 4 heteroatoms. The molecule has 0 fully saturated rings. The molecule has 2 aromatic rings. The molecule has 1 aromatic carbocycles. The van der Waals surface area contributed by atoms with Crippen LogP contribution in [0.15, 0.2) is 30.5 Å². The summed E-state index contributed by atoms with van der Waals surface area (Å²) in [6.07, 6.45) is 3.87. The van der Waals surface area contributed by atoms with E-state index in [-0.39, 0.29) is 18.4 Å². The van der Waals surface area contributed by atoms with E-state index in [9.17, 15) is 0 Å². The third-order valence-corrected chi connectivity index (χ3v) is 2.72. The van der Waals surface area contributed by atoms with Crippen LogP contribution in [0.5, 0.6) is 0 Å². The average molecular weight is 240 g/mol. The molecule has 0 radical (unpaired) electrons. The van der Waals surface area contributed by atoms with Crippen molar-refractivity contribution in [1.29, 1.82) is 0 Å². The quantitative estimate of drug-likeness (QED) is 0.767. The van der Waals surface area contributed by atoms with Gasteiger partial charge in [0.2, 0.25) is 0 Å². The Bertz CT molecular complexity index is 439. The molecule has 0 aliphatic heterocycles. The van der Waals surface area contributed by atoms with E-state index in [0.717, 1.165) is 18.4 Å². The molecule has 3 nitrogen and oxygen atoms in total. The van der Waals surface area contributed by atoms with E-state index in [1.807, 2.05) is 6.20 Å². The molecule has 16 heavy (non-hydrogen) atoms. The van der Waals surface area contributed by atoms with Gasteiger partial charge < -0.3 is 16.5 Å². The van der Waals surface area contributed by atoms with Crippen LogP contribution in [0.2, 0.25) is 0 Å². The molecular weight excluding hydrogens is 222 g/mol. The van der Waals surface area contributed by atoms with Gasteiger partial charge >= 0.3 is 0 Å². The summed E-state index contributed by atoms with van der Waals surface area (Å²) in [4.78, 5) is 3.17. The van der Waals surface area contributed by atoms with Crippen LogP contribution in [0.4, 0.5) is 0 Å². The average Bonchev–Trinajstić information content (AvgIpc) is 2.72. The number of aromatic nitrogens is 1. The zero-order chi connectivity index (χ0) is 10.7. The standard InChI is InChI=1S/C12H17N3.ClH/c13-6-1-2-11(14)9-3-4-12-10(8-9)5-7-15-12;/h3-5,7-8,11,15H,1-2,6,13-14H2;1H/t11-;/m1./s1. The molecule has 1 atom stereocenters. The maximum Gasteiger partial charge on any atom is 0.0454 e. The van der Waals surface area contributed by atoms with E-state index in [0.29, 0.717) is 6.54 Å². The Balaban J connectivity index is 0.00000128. The molecular formula is C12H18ClN3. The summed E-state index contributed by atoms with van der Waals surface area (Å²) in [5, 5.41) is 1.22. The summed E-state index contributed by atoms with van der Waals surface area (Å²) in [6.45, 7) is 0.708. The van der Waals surface area contributed by atoms with Crippen LogP contribution in [0.1, 0.15) is 24.4 Å². The van der Waals surface area contributed by atoms with Gasteiger partial charge in [0.05, 0.1) is 0 Å². The summed E-state index contributed by atoms with van der Waals surface area (Å²) in [7, 11) is 0. The first kappa shape index (κ1) is 13.0. The Labute approximate surface area is 102 Å². The van der Waals surface area contributed by atoms with E-state index >= 15 is 0 Å². The van der Waals surface area contributed by atoms with Gasteiger partial charge in [-0.15, -0.1) is 12.4 Å². The third-order valence-electron chi connectivity index (χ3n) is 2.72. The molecule has 0 aliphatic rings. The second kappa shape index (κ2) is 5.89. The van der Waals surface area contributed by atoms with Gasteiger partial charge in [-0.1, -0.05) is 6.07 Å². The molecule has 88 valence electrons. The highest BCUT2D eigenvalue weighted by Gasteiger charge is 2.06. The van der Waals surface area contributed by atoms with Crippen LogP contribution >= 0.6 is 12.4 Å². The predicted molar refractivity (Wildman–Crippen MR) is 70.8 cm³/mol. The maximum atomic E-state index is 6.08. The normalized spacial score (nSPS) is 12.4. The van der Waals surface area contributed by atoms with Gasteiger partial charge in [-0.2, -0.15) is 0 Å². The van der Waals surface area contributed by atoms with Crippen LogP contribution < -0.4 is 11.5 Å². The second-order valence-corrected chi connectivity index (χ2v) is 3.86. The van der Waals surface area contributed by atoms with Crippen molar-refractivity contribution in [1.82, 2.24) is 4.98 Å². The molecule has 5 N–H and O–H groups in total. The van der Waals surface area contributed by atoms with Crippen molar-refractivity contribution in [3.05, 3.63) is 36.0 Å². The second-order valence-electron chi connectivity index (χ2n) is 3.86. The van der Waals surface area contributed by atoms with Gasteiger partial charge in [0.25, 0.3) is 0 Å². The first-order valence-corrected chi connectivity index (χ1v) is 5.34. The Morgan fingerprint density at radius 2 is 2.06 bits per heavy atom. The van der Waals surface area contributed by atoms with E-state index in [2.05, 4.69) is 29.2 Å². The first-order chi connectivity index (χ1) is 7.31. The number of fused-ring (bicyclic) bond motifs is 1. The topological polar surface area (TPSA) is 67.8 Å². The SMILES string of the molecule is Cl.NCCC[C@@H](N)c1ccc2[nH]ccc2c1. The lowest BCUT2D eigenvalue weighted by atomic mass is 10.0. The van der Waals surface area contributed by atoms with Crippen molar-refractivity contribution in [2.75, 3.05) is 6.54 Å². The van der Waals surface area contributed by atoms with Gasteiger partial charge in [-0.25, -0.2) is 0 Å². The van der Waals surface area contributed by atoms with Crippen molar-refractivity contribution in [3.8, 4) is 0 Å². The monoisotopic (exact) mass is 239 g/mol. The van der Waals surface area contributed by atoms with Gasteiger partial charge in [-0.05, 0) is 48.5 Å². The molecule has 0 bridgehead atoms. The highest BCUT2D eigenvalue weighted by atomic mass is 35.5. The fourth-order valence-corrected chi connectivity index (χ4v) is 1.81. The van der Waals surface area contributed by atoms with Crippen LogP contribution in [-0.4, -0.2) is 11.5 Å². The fraction of sp³-hybridized carbons (Fsp3) is 0.333. The van der Waals surface area contributed by atoms with E-state index in [1.165, 1.54) is 10.9 Å². The largest absolute Gasteiger partial charge is 0.361 e. The third kappa shape index (κ3) is 2.76. The van der Waals surface area contributed by atoms with E-state index < -0.39 is 0 Å². The fourth-order valence-electron chi connectivity index (χ4n) is 1.81. The molecule has 0 saturated carbocycles. The minimum atomic E-state index is 0. The Kier molecular flexibility index (Phi) is 4.80. The van der Waals surface area contributed by atoms with Crippen molar-refractivity contribution >= 4 is 23.3 Å². The lowest BCUT2D eigenvalue weighted by molar-refractivity contribution is 0.618. The molecule has 1 aromatic heterocycles. The molecule has 1 heterocycles. The van der Waals surface area contributed by atoms with Crippen LogP contribution in [0.3, 0.4) is 0 Å². The number of hydrogen-bond acceptors (Lipinski definition) is 2. The minimum Gasteiger partial charge on any atom is -0.361 e. The van der Waals surface area contributed by atoms with Crippen molar-refractivity contribution in [2.45, 2.75) is 18.9 Å². The number of hydrogen-bond donors (Lipinski definition) is 3. The number of nitrogens with one attached hydrogen (secondary N) is 1. The highest BCUT2D eigenvalue weighted by Crippen LogP contribution is 2.20. The summed E-state index contributed by atoms with van der Waals surface area (Å²) in [6, 6.07) is 8.47. The molecule has 0 amide bonds. The van der Waals surface area contributed by atoms with Crippen molar-refractivity contribution < 1.29 is 0 Å². The summed E-state index contributed by atoms with van der Waals surface area (Å²) >= 11 is 0. The van der Waals surface area contributed by atoms with Crippen LogP contribution in [0, 0.1) is 0 Å². The van der Waals surface area contributed by atoms with Crippen molar-refractivity contribution in [2.24, 2.45) is 11.5 Å². The van der Waals surface area contributed by atoms with Crippen molar-refractivity contribution in [3.63, 3.8) is 0 Å². The zero-order valence-electron chi connectivity index (χ0n) is 9.15. The number of nitrogens with two attached hydrogens (primary N) is 2. The van der Waals surface area contributed by atoms with Gasteiger partial charge in [0, 0.05) is 17.8 Å². The minimum absolute atomic E-state index is 0. The number of rotatable bonds is 4. The molecule has 2 rings (SSSR count). The molecule has 0 saturated heterocycles. The Morgan fingerprint density at radius 1 is 1.25 bits per heavy atom. The molecule has 0 aliphatic carbocycles. The van der Waals surface area contributed by atoms with Gasteiger partial charge in [0.15, 0.2) is 0 Å². The Hall–Kier alpha value is -1.03. The highest BCUT2D eigenvalue weighted by molar-refractivity contribution is 5.85. The molecule has 0 spiro atoms. The van der Waals surface area contributed by atoms with Crippen LogP contribution in [-0.2, 0) is 0 Å². The van der Waals surface area contributed by atoms with Gasteiger partial charge in [0.1, 0.15) is 0 Å². The predicted octanol–water partition coefficient (Wildman–Crippen LogP) is 2.33. The molecule has 0 unspecified atom stereocenters. The number of aromatic amines is 1. The van der Waals surface area contributed by atoms with E-state index in [4.69, 9.17) is 11.5 Å². The van der Waals surface area contributed by atoms with Crippen LogP contribution in [0.25, 0.3) is 10.9 Å². The summed E-state index contributed by atoms with van der Waals surface area (Å²) < 4.78 is 0. The smallest absolute Gasteiger partial charge is 0.0454 e. The zero-order valence-corrected chi connectivity index (χ0v) is 9.96. The summed E-state index contributed by atoms with van der Waals surface area (Å²) in [5.74, 6) is 0. The number of halogens is 1. The number of benzene rings is 1. The number of H-pyrrole nitrogens is 1. The van der Waals surface area contributed by atoms with E-state index in [1.54, 1.807) is 0 Å². The lowest BCUT2D eigenvalue weighted by Gasteiger charge is -2.11.